The molecule has 0 spiro atoms. The van der Waals surface area contributed by atoms with Crippen LogP contribution in [0.1, 0.15) is 65.4 Å². The molecule has 2 atom stereocenters. The summed E-state index contributed by atoms with van der Waals surface area (Å²) in [6.07, 6.45) is 5.27. The first kappa shape index (κ1) is 21.5. The smallest absolute Gasteiger partial charge is 0.328 e. The van der Waals surface area contributed by atoms with Gasteiger partial charge in [0.05, 0.1) is 6.61 Å². The largest absolute Gasteiger partial charge is 0.464 e. The van der Waals surface area contributed by atoms with Crippen molar-refractivity contribution >= 4 is 11.9 Å². The molecule has 0 aliphatic carbocycles. The summed E-state index contributed by atoms with van der Waals surface area (Å²) in [6.45, 7) is 9.41. The van der Waals surface area contributed by atoms with Crippen molar-refractivity contribution in [1.29, 1.82) is 0 Å². The number of carbonyl (C=O) groups is 2. The van der Waals surface area contributed by atoms with Crippen LogP contribution in [0.15, 0.2) is 30.3 Å². The Labute approximate surface area is 164 Å². The highest BCUT2D eigenvalue weighted by atomic mass is 16.5. The maximum Gasteiger partial charge on any atom is 0.328 e. The number of esters is 1. The molecular weight excluding hydrogens is 338 g/mol. The summed E-state index contributed by atoms with van der Waals surface area (Å²) in [5.41, 5.74) is 1.18. The molecule has 1 fully saturated rings. The van der Waals surface area contributed by atoms with Gasteiger partial charge in [0.2, 0.25) is 5.91 Å². The SMILES string of the molecule is CCC(C)(C)C(C)C(=O)N1CCCCC1C(=O)OCCCc1ccccc1. The molecule has 150 valence electrons. The Kier molecular flexibility index (Phi) is 7.88. The number of amides is 1. The van der Waals surface area contributed by atoms with Gasteiger partial charge in [-0.15, -0.1) is 0 Å². The van der Waals surface area contributed by atoms with Gasteiger partial charge in [-0.2, -0.15) is 0 Å². The van der Waals surface area contributed by atoms with Gasteiger partial charge in [-0.1, -0.05) is 64.4 Å². The Bertz CT molecular complexity index is 611. The fourth-order valence-electron chi connectivity index (χ4n) is 3.52. The minimum Gasteiger partial charge on any atom is -0.464 e. The van der Waals surface area contributed by atoms with Gasteiger partial charge in [-0.05, 0) is 43.1 Å². The number of hydrogen-bond acceptors (Lipinski definition) is 3. The average Bonchev–Trinajstić information content (AvgIpc) is 2.70. The fraction of sp³-hybridized carbons (Fsp3) is 0.652. The molecular formula is C23H35NO3. The number of piperidine rings is 1. The number of hydrogen-bond donors (Lipinski definition) is 0. The summed E-state index contributed by atoms with van der Waals surface area (Å²) in [5.74, 6) is -0.251. The van der Waals surface area contributed by atoms with E-state index >= 15 is 0 Å². The number of aryl methyl sites for hydroxylation is 1. The van der Waals surface area contributed by atoms with Crippen LogP contribution in [-0.2, 0) is 20.7 Å². The van der Waals surface area contributed by atoms with Gasteiger partial charge in [0, 0.05) is 12.5 Å². The first-order valence-electron chi connectivity index (χ1n) is 10.4. The van der Waals surface area contributed by atoms with E-state index in [2.05, 4.69) is 32.9 Å². The fourth-order valence-corrected chi connectivity index (χ4v) is 3.52. The maximum absolute atomic E-state index is 13.1. The monoisotopic (exact) mass is 373 g/mol. The topological polar surface area (TPSA) is 46.6 Å². The molecule has 0 aromatic heterocycles. The molecule has 1 aliphatic rings. The zero-order chi connectivity index (χ0) is 19.9. The second kappa shape index (κ2) is 9.91. The van der Waals surface area contributed by atoms with Gasteiger partial charge in [0.1, 0.15) is 6.04 Å². The molecule has 4 nitrogen and oxygen atoms in total. The first-order chi connectivity index (χ1) is 12.9. The van der Waals surface area contributed by atoms with Crippen LogP contribution < -0.4 is 0 Å². The average molecular weight is 374 g/mol. The van der Waals surface area contributed by atoms with E-state index < -0.39 is 6.04 Å². The summed E-state index contributed by atoms with van der Waals surface area (Å²) in [5, 5.41) is 0. The number of benzene rings is 1. The molecule has 4 heteroatoms. The maximum atomic E-state index is 13.1. The van der Waals surface area contributed by atoms with Gasteiger partial charge >= 0.3 is 5.97 Å². The highest BCUT2D eigenvalue weighted by Crippen LogP contribution is 2.33. The molecule has 2 rings (SSSR count). The van der Waals surface area contributed by atoms with Crippen LogP contribution in [0.2, 0.25) is 0 Å². The van der Waals surface area contributed by atoms with E-state index in [4.69, 9.17) is 4.74 Å². The molecule has 1 heterocycles. The van der Waals surface area contributed by atoms with Crippen molar-refractivity contribution in [2.75, 3.05) is 13.2 Å². The van der Waals surface area contributed by atoms with Crippen molar-refractivity contribution in [2.45, 2.75) is 72.3 Å². The molecule has 2 unspecified atom stereocenters. The second-order valence-corrected chi connectivity index (χ2v) is 8.36. The highest BCUT2D eigenvalue weighted by molar-refractivity contribution is 5.86. The van der Waals surface area contributed by atoms with E-state index in [1.807, 2.05) is 25.1 Å². The van der Waals surface area contributed by atoms with E-state index in [1.165, 1.54) is 5.56 Å². The lowest BCUT2D eigenvalue weighted by Gasteiger charge is -2.39. The van der Waals surface area contributed by atoms with Gasteiger partial charge in [-0.3, -0.25) is 4.79 Å². The van der Waals surface area contributed by atoms with Crippen LogP contribution in [0.4, 0.5) is 0 Å². The summed E-state index contributed by atoms with van der Waals surface area (Å²) < 4.78 is 5.54. The molecule has 0 saturated carbocycles. The number of rotatable bonds is 8. The number of ether oxygens (including phenoxy) is 1. The molecule has 0 radical (unpaired) electrons. The van der Waals surface area contributed by atoms with Crippen molar-refractivity contribution in [3.05, 3.63) is 35.9 Å². The van der Waals surface area contributed by atoms with Crippen molar-refractivity contribution < 1.29 is 14.3 Å². The van der Waals surface area contributed by atoms with Gasteiger partial charge < -0.3 is 9.64 Å². The van der Waals surface area contributed by atoms with E-state index in [0.717, 1.165) is 32.1 Å². The van der Waals surface area contributed by atoms with E-state index in [-0.39, 0.29) is 23.2 Å². The number of carbonyl (C=O) groups excluding carboxylic acids is 2. The number of likely N-dealkylation sites (tertiary alicyclic amines) is 1. The minimum atomic E-state index is -0.418. The quantitative estimate of drug-likeness (QED) is 0.493. The summed E-state index contributed by atoms with van der Waals surface area (Å²) in [6, 6.07) is 9.79. The van der Waals surface area contributed by atoms with E-state index in [1.54, 1.807) is 4.90 Å². The third-order valence-corrected chi connectivity index (χ3v) is 6.21. The van der Waals surface area contributed by atoms with Crippen LogP contribution in [-0.4, -0.2) is 36.0 Å². The Morgan fingerprint density at radius 2 is 1.93 bits per heavy atom. The van der Waals surface area contributed by atoms with Gasteiger partial charge in [0.15, 0.2) is 0 Å². The third kappa shape index (κ3) is 5.82. The zero-order valence-electron chi connectivity index (χ0n) is 17.4. The zero-order valence-corrected chi connectivity index (χ0v) is 17.4. The lowest BCUT2D eigenvalue weighted by molar-refractivity contribution is -0.159. The predicted molar refractivity (Wildman–Crippen MR) is 108 cm³/mol. The summed E-state index contributed by atoms with van der Waals surface area (Å²) in [7, 11) is 0. The van der Waals surface area contributed by atoms with Crippen molar-refractivity contribution in [3.8, 4) is 0 Å². The van der Waals surface area contributed by atoms with Crippen LogP contribution in [0.25, 0.3) is 0 Å². The lowest BCUT2D eigenvalue weighted by atomic mass is 9.76. The molecule has 1 amide bonds. The highest BCUT2D eigenvalue weighted by Gasteiger charge is 2.39. The van der Waals surface area contributed by atoms with Crippen LogP contribution >= 0.6 is 0 Å². The van der Waals surface area contributed by atoms with Crippen molar-refractivity contribution in [1.82, 2.24) is 4.90 Å². The summed E-state index contributed by atoms with van der Waals surface area (Å²) >= 11 is 0. The predicted octanol–water partition coefficient (Wildman–Crippen LogP) is 4.62. The minimum absolute atomic E-state index is 0.0708. The first-order valence-corrected chi connectivity index (χ1v) is 10.4. The Balaban J connectivity index is 1.89. The van der Waals surface area contributed by atoms with E-state index in [0.29, 0.717) is 19.6 Å². The summed E-state index contributed by atoms with van der Waals surface area (Å²) in [4.78, 5) is 27.5. The van der Waals surface area contributed by atoms with Crippen LogP contribution in [0, 0.1) is 11.3 Å². The molecule has 0 bridgehead atoms. The van der Waals surface area contributed by atoms with Gasteiger partial charge in [0.25, 0.3) is 0 Å². The standard InChI is InChI=1S/C23H35NO3/c1-5-23(3,4)18(2)21(25)24-16-10-9-15-20(24)22(26)27-17-11-14-19-12-7-6-8-13-19/h6-8,12-13,18,20H,5,9-11,14-17H2,1-4H3. The Morgan fingerprint density at radius 1 is 1.22 bits per heavy atom. The van der Waals surface area contributed by atoms with Crippen LogP contribution in [0.3, 0.4) is 0 Å². The molecule has 1 aromatic rings. The normalized spacial score (nSPS) is 18.8. The van der Waals surface area contributed by atoms with Crippen LogP contribution in [0.5, 0.6) is 0 Å². The van der Waals surface area contributed by atoms with Crippen molar-refractivity contribution in [2.24, 2.45) is 11.3 Å². The molecule has 1 saturated heterocycles. The molecule has 1 aliphatic heterocycles. The molecule has 0 N–H and O–H groups in total. The Morgan fingerprint density at radius 3 is 2.59 bits per heavy atom. The van der Waals surface area contributed by atoms with Gasteiger partial charge in [-0.25, -0.2) is 4.79 Å². The van der Waals surface area contributed by atoms with Crippen molar-refractivity contribution in [3.63, 3.8) is 0 Å². The lowest BCUT2D eigenvalue weighted by Crippen LogP contribution is -2.52. The number of nitrogens with zero attached hydrogens (tertiary/aromatic N) is 1. The molecule has 27 heavy (non-hydrogen) atoms. The Hall–Kier alpha value is -1.84. The van der Waals surface area contributed by atoms with E-state index in [9.17, 15) is 9.59 Å². The molecule has 1 aromatic carbocycles. The third-order valence-electron chi connectivity index (χ3n) is 6.21. The second-order valence-electron chi connectivity index (χ2n) is 8.36.